The highest BCUT2D eigenvalue weighted by Gasteiger charge is 2.10. The molecule has 0 spiro atoms. The lowest BCUT2D eigenvalue weighted by molar-refractivity contribution is -0.123. The van der Waals surface area contributed by atoms with Crippen LogP contribution < -0.4 is 21.3 Å². The number of anilines is 1. The first-order valence-corrected chi connectivity index (χ1v) is 7.32. The van der Waals surface area contributed by atoms with Gasteiger partial charge in [0.2, 0.25) is 0 Å². The summed E-state index contributed by atoms with van der Waals surface area (Å²) < 4.78 is 6.87. The molecular formula is C16H22N4O3. The summed E-state index contributed by atoms with van der Waals surface area (Å²) in [4.78, 5) is 25.9. The van der Waals surface area contributed by atoms with Gasteiger partial charge in [-0.1, -0.05) is 0 Å². The van der Waals surface area contributed by atoms with E-state index in [1.165, 1.54) is 4.57 Å². The quantitative estimate of drug-likeness (QED) is 0.742. The van der Waals surface area contributed by atoms with E-state index < -0.39 is 0 Å². The number of carbonyl (C=O) groups excluding carboxylic acids is 1. The molecule has 1 aromatic carbocycles. The van der Waals surface area contributed by atoms with Crippen molar-refractivity contribution < 1.29 is 9.53 Å². The summed E-state index contributed by atoms with van der Waals surface area (Å²) in [6, 6.07) is 6.89. The topological polar surface area (TPSA) is 89.6 Å². The second-order valence-corrected chi connectivity index (χ2v) is 5.63. The predicted molar refractivity (Wildman–Crippen MR) is 90.7 cm³/mol. The molecule has 1 heterocycles. The highest BCUT2D eigenvalue weighted by atomic mass is 16.5. The van der Waals surface area contributed by atoms with Crippen LogP contribution in [0.4, 0.5) is 5.69 Å². The lowest BCUT2D eigenvalue weighted by atomic mass is 10.2. The molecule has 0 aliphatic heterocycles. The van der Waals surface area contributed by atoms with E-state index in [1.807, 2.05) is 19.0 Å². The Bertz CT molecular complexity index is 768. The fourth-order valence-corrected chi connectivity index (χ4v) is 2.19. The standard InChI is InChI=1S/C16H22N4O3/c1-19(2)7-6-18-15(21)10-23-14-9-11-8-12(17)4-5-13(11)20(3)16(14)22/h4-5,8-9H,6-7,10,17H2,1-3H3,(H,18,21). The van der Waals surface area contributed by atoms with Crippen molar-refractivity contribution in [3.8, 4) is 5.75 Å². The van der Waals surface area contributed by atoms with Crippen LogP contribution in [-0.4, -0.2) is 49.2 Å². The molecule has 0 bridgehead atoms. The third-order valence-corrected chi connectivity index (χ3v) is 3.45. The molecular weight excluding hydrogens is 296 g/mol. The van der Waals surface area contributed by atoms with Crippen LogP contribution in [0.5, 0.6) is 5.75 Å². The number of hydrogen-bond acceptors (Lipinski definition) is 5. The van der Waals surface area contributed by atoms with Gasteiger partial charge in [0.1, 0.15) is 0 Å². The van der Waals surface area contributed by atoms with Crippen LogP contribution in [-0.2, 0) is 11.8 Å². The third-order valence-electron chi connectivity index (χ3n) is 3.45. The summed E-state index contributed by atoms with van der Waals surface area (Å²) in [6.07, 6.45) is 0. The van der Waals surface area contributed by atoms with Crippen molar-refractivity contribution in [2.24, 2.45) is 7.05 Å². The minimum Gasteiger partial charge on any atom is -0.478 e. The number of benzene rings is 1. The van der Waals surface area contributed by atoms with Gasteiger partial charge < -0.3 is 25.3 Å². The molecule has 0 saturated carbocycles. The van der Waals surface area contributed by atoms with E-state index in [2.05, 4.69) is 5.32 Å². The minimum atomic E-state index is -0.289. The molecule has 0 radical (unpaired) electrons. The van der Waals surface area contributed by atoms with Crippen molar-refractivity contribution in [2.75, 3.05) is 39.5 Å². The molecule has 23 heavy (non-hydrogen) atoms. The average molecular weight is 318 g/mol. The zero-order chi connectivity index (χ0) is 17.0. The van der Waals surface area contributed by atoms with Crippen molar-refractivity contribution in [1.82, 2.24) is 14.8 Å². The smallest absolute Gasteiger partial charge is 0.293 e. The summed E-state index contributed by atoms with van der Waals surface area (Å²) in [6.45, 7) is 1.07. The van der Waals surface area contributed by atoms with Gasteiger partial charge >= 0.3 is 0 Å². The summed E-state index contributed by atoms with van der Waals surface area (Å²) in [5.41, 5.74) is 6.84. The summed E-state index contributed by atoms with van der Waals surface area (Å²) in [5.74, 6) is -0.130. The molecule has 0 fully saturated rings. The third kappa shape index (κ3) is 4.23. The molecule has 0 saturated heterocycles. The maximum absolute atomic E-state index is 12.3. The summed E-state index contributed by atoms with van der Waals surface area (Å²) >= 11 is 0. The predicted octanol–water partition coefficient (Wildman–Crippen LogP) is 0.177. The van der Waals surface area contributed by atoms with Gasteiger partial charge in [-0.05, 0) is 38.4 Å². The maximum atomic E-state index is 12.3. The number of ether oxygens (including phenoxy) is 1. The van der Waals surface area contributed by atoms with Crippen LogP contribution in [0.3, 0.4) is 0 Å². The minimum absolute atomic E-state index is 0.133. The van der Waals surface area contributed by atoms with E-state index in [4.69, 9.17) is 10.5 Å². The van der Waals surface area contributed by atoms with Crippen LogP contribution in [0, 0.1) is 0 Å². The van der Waals surface area contributed by atoms with Crippen LogP contribution in [0.15, 0.2) is 29.1 Å². The number of nitrogens with two attached hydrogens (primary N) is 1. The number of aromatic nitrogens is 1. The number of pyridine rings is 1. The second kappa shape index (κ2) is 7.15. The molecule has 1 amide bonds. The fraction of sp³-hybridized carbons (Fsp3) is 0.375. The number of carbonyl (C=O) groups is 1. The molecule has 0 aliphatic carbocycles. The van der Waals surface area contributed by atoms with E-state index >= 15 is 0 Å². The number of amides is 1. The van der Waals surface area contributed by atoms with Gasteiger partial charge in [-0.3, -0.25) is 9.59 Å². The van der Waals surface area contributed by atoms with Gasteiger partial charge in [0, 0.05) is 31.2 Å². The lowest BCUT2D eigenvalue weighted by Gasteiger charge is -2.12. The number of fused-ring (bicyclic) bond motifs is 1. The lowest BCUT2D eigenvalue weighted by Crippen LogP contribution is -2.35. The van der Waals surface area contributed by atoms with Crippen LogP contribution in [0.2, 0.25) is 0 Å². The van der Waals surface area contributed by atoms with Gasteiger partial charge in [0.05, 0.1) is 5.52 Å². The van der Waals surface area contributed by atoms with E-state index in [0.717, 1.165) is 17.4 Å². The molecule has 7 heteroatoms. The van der Waals surface area contributed by atoms with Crippen LogP contribution in [0.1, 0.15) is 0 Å². The van der Waals surface area contributed by atoms with E-state index in [-0.39, 0.29) is 23.8 Å². The molecule has 1 aromatic heterocycles. The molecule has 0 aliphatic rings. The number of nitrogens with one attached hydrogen (secondary N) is 1. The second-order valence-electron chi connectivity index (χ2n) is 5.63. The Kier molecular flexibility index (Phi) is 5.23. The first-order chi connectivity index (χ1) is 10.9. The number of nitrogens with zero attached hydrogens (tertiary/aromatic N) is 2. The fourth-order valence-electron chi connectivity index (χ4n) is 2.19. The number of hydrogen-bond donors (Lipinski definition) is 2. The largest absolute Gasteiger partial charge is 0.478 e. The molecule has 3 N–H and O–H groups in total. The van der Waals surface area contributed by atoms with Gasteiger partial charge in [-0.15, -0.1) is 0 Å². The van der Waals surface area contributed by atoms with E-state index in [9.17, 15) is 9.59 Å². The van der Waals surface area contributed by atoms with Gasteiger partial charge in [0.15, 0.2) is 12.4 Å². The number of nitrogen functional groups attached to an aromatic ring is 1. The molecule has 0 unspecified atom stereocenters. The van der Waals surface area contributed by atoms with Crippen molar-refractivity contribution in [2.45, 2.75) is 0 Å². The Balaban J connectivity index is 2.10. The SMILES string of the molecule is CN(C)CCNC(=O)COc1cc2cc(N)ccc2n(C)c1=O. The Labute approximate surface area is 134 Å². The van der Waals surface area contributed by atoms with Gasteiger partial charge in [-0.2, -0.15) is 0 Å². The average Bonchev–Trinajstić information content (AvgIpc) is 2.49. The van der Waals surface area contributed by atoms with E-state index in [1.54, 1.807) is 31.3 Å². The Morgan fingerprint density at radius 2 is 2.09 bits per heavy atom. The Morgan fingerprint density at radius 3 is 2.78 bits per heavy atom. The van der Waals surface area contributed by atoms with Gasteiger partial charge in [-0.25, -0.2) is 0 Å². The Morgan fingerprint density at radius 1 is 1.35 bits per heavy atom. The highest BCUT2D eigenvalue weighted by Crippen LogP contribution is 2.19. The van der Waals surface area contributed by atoms with Gasteiger partial charge in [0.25, 0.3) is 11.5 Å². The first kappa shape index (κ1) is 16.8. The molecule has 2 rings (SSSR count). The normalized spacial score (nSPS) is 11.0. The highest BCUT2D eigenvalue weighted by molar-refractivity contribution is 5.83. The first-order valence-electron chi connectivity index (χ1n) is 7.32. The summed E-state index contributed by atoms with van der Waals surface area (Å²) in [7, 11) is 5.51. The molecule has 0 atom stereocenters. The Hall–Kier alpha value is -2.54. The van der Waals surface area contributed by atoms with Crippen molar-refractivity contribution in [3.05, 3.63) is 34.6 Å². The van der Waals surface area contributed by atoms with Crippen molar-refractivity contribution in [1.29, 1.82) is 0 Å². The molecule has 124 valence electrons. The van der Waals surface area contributed by atoms with Crippen molar-refractivity contribution in [3.63, 3.8) is 0 Å². The molecule has 2 aromatic rings. The van der Waals surface area contributed by atoms with Crippen LogP contribution >= 0.6 is 0 Å². The summed E-state index contributed by atoms with van der Waals surface area (Å²) in [5, 5.41) is 3.52. The maximum Gasteiger partial charge on any atom is 0.293 e. The number of likely N-dealkylation sites (N-methyl/N-ethyl adjacent to an activating group) is 1. The van der Waals surface area contributed by atoms with Crippen LogP contribution in [0.25, 0.3) is 10.9 Å². The number of rotatable bonds is 6. The zero-order valence-electron chi connectivity index (χ0n) is 13.6. The number of aryl methyl sites for hydroxylation is 1. The zero-order valence-corrected chi connectivity index (χ0v) is 13.6. The molecule has 7 nitrogen and oxygen atoms in total. The monoisotopic (exact) mass is 318 g/mol. The van der Waals surface area contributed by atoms with E-state index in [0.29, 0.717) is 12.2 Å². The van der Waals surface area contributed by atoms with Crippen molar-refractivity contribution >= 4 is 22.5 Å².